The molecule has 3 aromatic rings. The number of fused-ring (bicyclic) bond motifs is 1. The highest BCUT2D eigenvalue weighted by atomic mass is 32.1. The van der Waals surface area contributed by atoms with Crippen molar-refractivity contribution in [1.29, 1.82) is 0 Å². The zero-order valence-corrected chi connectivity index (χ0v) is 14.5. The van der Waals surface area contributed by atoms with Crippen LogP contribution in [0.2, 0.25) is 0 Å². The minimum atomic E-state index is 0.355. The van der Waals surface area contributed by atoms with E-state index in [-0.39, 0.29) is 0 Å². The Labute approximate surface area is 145 Å². The maximum Gasteiger partial charge on any atom is 0.279 e. The molecule has 1 fully saturated rings. The van der Waals surface area contributed by atoms with Crippen molar-refractivity contribution in [2.75, 3.05) is 0 Å². The fraction of sp³-hybridized carbons (Fsp3) is 0.316. The average molecular weight is 339 g/mol. The van der Waals surface area contributed by atoms with Crippen LogP contribution in [0.4, 0.5) is 0 Å². The van der Waals surface area contributed by atoms with Gasteiger partial charge in [0, 0.05) is 12.1 Å². The molecule has 1 unspecified atom stereocenters. The van der Waals surface area contributed by atoms with E-state index >= 15 is 0 Å². The Morgan fingerprint density at radius 3 is 2.67 bits per heavy atom. The van der Waals surface area contributed by atoms with Crippen LogP contribution in [-0.4, -0.2) is 22.1 Å². The molecular formula is C19H21N3OS. The van der Waals surface area contributed by atoms with Gasteiger partial charge in [-0.25, -0.2) is 9.99 Å². The van der Waals surface area contributed by atoms with E-state index in [1.54, 1.807) is 11.3 Å². The Morgan fingerprint density at radius 1 is 1.21 bits per heavy atom. The van der Waals surface area contributed by atoms with Gasteiger partial charge in [0.1, 0.15) is 5.75 Å². The first-order valence-electron chi connectivity index (χ1n) is 8.34. The van der Waals surface area contributed by atoms with E-state index in [4.69, 9.17) is 10.6 Å². The second kappa shape index (κ2) is 6.51. The lowest BCUT2D eigenvalue weighted by molar-refractivity contribution is 0.202. The van der Waals surface area contributed by atoms with Crippen LogP contribution >= 0.6 is 11.3 Å². The zero-order chi connectivity index (χ0) is 16.5. The van der Waals surface area contributed by atoms with E-state index in [0.717, 1.165) is 22.4 Å². The third-order valence-electron chi connectivity index (χ3n) is 4.41. The fourth-order valence-electron chi connectivity index (χ4n) is 2.87. The smallest absolute Gasteiger partial charge is 0.279 e. The molecule has 24 heavy (non-hydrogen) atoms. The number of para-hydroxylation sites is 1. The Bertz CT molecular complexity index is 793. The molecule has 1 aliphatic carbocycles. The lowest BCUT2D eigenvalue weighted by atomic mass is 10.1. The van der Waals surface area contributed by atoms with Crippen LogP contribution in [0.1, 0.15) is 25.3 Å². The van der Waals surface area contributed by atoms with Gasteiger partial charge >= 0.3 is 0 Å². The molecule has 2 N–H and O–H groups in total. The normalized spacial score (nSPS) is 15.8. The van der Waals surface area contributed by atoms with Crippen molar-refractivity contribution in [3.63, 3.8) is 0 Å². The number of nitrogens with zero attached hydrogens (tertiary/aromatic N) is 2. The second-order valence-corrected chi connectivity index (χ2v) is 7.42. The molecule has 0 amide bonds. The third-order valence-corrected chi connectivity index (χ3v) is 5.33. The number of ether oxygens (including phenoxy) is 1. The monoisotopic (exact) mass is 339 g/mol. The summed E-state index contributed by atoms with van der Waals surface area (Å²) < 4.78 is 7.03. The lowest BCUT2D eigenvalue weighted by Gasteiger charge is -2.23. The Hall–Kier alpha value is -1.95. The van der Waals surface area contributed by atoms with Gasteiger partial charge in [-0.15, -0.1) is 0 Å². The van der Waals surface area contributed by atoms with Crippen molar-refractivity contribution in [3.8, 4) is 10.9 Å². The van der Waals surface area contributed by atoms with E-state index < -0.39 is 0 Å². The number of rotatable bonds is 6. The first kappa shape index (κ1) is 15.6. The summed E-state index contributed by atoms with van der Waals surface area (Å²) in [5.41, 5.74) is 2.25. The lowest BCUT2D eigenvalue weighted by Crippen LogP contribution is -2.42. The van der Waals surface area contributed by atoms with Gasteiger partial charge in [-0.1, -0.05) is 35.6 Å². The van der Waals surface area contributed by atoms with Crippen LogP contribution in [0, 0.1) is 0 Å². The Morgan fingerprint density at radius 2 is 1.96 bits per heavy atom. The molecule has 4 rings (SSSR count). The van der Waals surface area contributed by atoms with Crippen molar-refractivity contribution < 1.29 is 4.74 Å². The second-order valence-electron chi connectivity index (χ2n) is 6.43. The number of hydrazine groups is 1. The van der Waals surface area contributed by atoms with Crippen molar-refractivity contribution >= 4 is 21.6 Å². The predicted octanol–water partition coefficient (Wildman–Crippen LogP) is 4.36. The molecule has 0 aliphatic heterocycles. The van der Waals surface area contributed by atoms with Gasteiger partial charge in [0.2, 0.25) is 0 Å². The van der Waals surface area contributed by atoms with E-state index in [1.165, 1.54) is 18.4 Å². The topological polar surface area (TPSA) is 51.4 Å². The van der Waals surface area contributed by atoms with E-state index in [2.05, 4.69) is 30.1 Å². The van der Waals surface area contributed by atoms with Crippen LogP contribution in [-0.2, 0) is 6.42 Å². The number of hydrogen-bond acceptors (Lipinski definition) is 5. The Balaban J connectivity index is 1.41. The molecule has 1 aliphatic rings. The molecule has 0 spiro atoms. The molecule has 1 heterocycles. The number of benzene rings is 2. The minimum Gasteiger partial charge on any atom is -0.431 e. The molecule has 124 valence electrons. The highest BCUT2D eigenvalue weighted by Gasteiger charge is 2.29. The van der Waals surface area contributed by atoms with E-state index in [1.807, 2.05) is 35.3 Å². The van der Waals surface area contributed by atoms with Crippen LogP contribution in [0.5, 0.6) is 10.9 Å². The molecule has 0 saturated heterocycles. The molecule has 4 nitrogen and oxygen atoms in total. The summed E-state index contributed by atoms with van der Waals surface area (Å²) in [4.78, 5) is 4.50. The summed E-state index contributed by atoms with van der Waals surface area (Å²) in [5, 5.41) is 2.69. The summed E-state index contributed by atoms with van der Waals surface area (Å²) >= 11 is 1.56. The standard InChI is InChI=1S/C19H21N3OS/c1-13(22(20)15-8-9-15)12-14-6-10-16(11-7-14)23-19-21-17-4-2-3-5-18(17)24-19/h2-7,10-11,13,15H,8-9,12,20H2,1H3. The molecule has 1 aromatic heterocycles. The number of hydrogen-bond donors (Lipinski definition) is 1. The quantitative estimate of drug-likeness (QED) is 0.535. The van der Waals surface area contributed by atoms with Gasteiger partial charge in [0.05, 0.1) is 10.2 Å². The van der Waals surface area contributed by atoms with Gasteiger partial charge in [0.25, 0.3) is 5.19 Å². The van der Waals surface area contributed by atoms with Gasteiger partial charge < -0.3 is 4.74 Å². The van der Waals surface area contributed by atoms with Crippen LogP contribution in [0.15, 0.2) is 48.5 Å². The predicted molar refractivity (Wildman–Crippen MR) is 98.4 cm³/mol. The first-order chi connectivity index (χ1) is 11.7. The maximum absolute atomic E-state index is 6.14. The molecule has 1 atom stereocenters. The Kier molecular flexibility index (Phi) is 4.22. The number of nitrogens with two attached hydrogens (primary N) is 1. The minimum absolute atomic E-state index is 0.355. The van der Waals surface area contributed by atoms with Gasteiger partial charge in [-0.3, -0.25) is 5.84 Å². The van der Waals surface area contributed by atoms with Crippen LogP contribution < -0.4 is 10.6 Å². The first-order valence-corrected chi connectivity index (χ1v) is 9.16. The highest BCUT2D eigenvalue weighted by molar-refractivity contribution is 7.20. The molecule has 0 bridgehead atoms. The zero-order valence-electron chi connectivity index (χ0n) is 13.7. The molecular weight excluding hydrogens is 318 g/mol. The van der Waals surface area contributed by atoms with Gasteiger partial charge in [0.15, 0.2) is 0 Å². The van der Waals surface area contributed by atoms with Gasteiger partial charge in [-0.05, 0) is 56.0 Å². The van der Waals surface area contributed by atoms with Gasteiger partial charge in [-0.2, -0.15) is 0 Å². The maximum atomic E-state index is 6.14. The molecule has 0 radical (unpaired) electrons. The number of aromatic nitrogens is 1. The van der Waals surface area contributed by atoms with E-state index in [9.17, 15) is 0 Å². The summed E-state index contributed by atoms with van der Waals surface area (Å²) in [6, 6.07) is 17.2. The van der Waals surface area contributed by atoms with Crippen molar-refractivity contribution in [2.24, 2.45) is 5.84 Å². The van der Waals surface area contributed by atoms with Crippen LogP contribution in [0.3, 0.4) is 0 Å². The molecule has 5 heteroatoms. The molecule has 1 saturated carbocycles. The SMILES string of the molecule is CC(Cc1ccc(Oc2nc3ccccc3s2)cc1)N(N)C1CC1. The third kappa shape index (κ3) is 3.43. The summed E-state index contributed by atoms with van der Waals surface area (Å²) in [6.45, 7) is 2.18. The molecule has 2 aromatic carbocycles. The largest absolute Gasteiger partial charge is 0.431 e. The summed E-state index contributed by atoms with van der Waals surface area (Å²) in [6.07, 6.45) is 3.42. The summed E-state index contributed by atoms with van der Waals surface area (Å²) in [5.74, 6) is 6.96. The van der Waals surface area contributed by atoms with Crippen molar-refractivity contribution in [1.82, 2.24) is 9.99 Å². The van der Waals surface area contributed by atoms with E-state index in [0.29, 0.717) is 17.3 Å². The average Bonchev–Trinajstić information content (AvgIpc) is 3.36. The van der Waals surface area contributed by atoms with Crippen molar-refractivity contribution in [3.05, 3.63) is 54.1 Å². The number of thiazole rings is 1. The fourth-order valence-corrected chi connectivity index (χ4v) is 3.70. The van der Waals surface area contributed by atoms with Crippen molar-refractivity contribution in [2.45, 2.75) is 38.3 Å². The van der Waals surface area contributed by atoms with Crippen LogP contribution in [0.25, 0.3) is 10.2 Å². The summed E-state index contributed by atoms with van der Waals surface area (Å²) in [7, 11) is 0. The highest BCUT2D eigenvalue weighted by Crippen LogP contribution is 2.31.